The minimum absolute atomic E-state index is 0.177. The van der Waals surface area contributed by atoms with E-state index in [1.54, 1.807) is 0 Å². The van der Waals surface area contributed by atoms with Crippen molar-refractivity contribution >= 4 is 0 Å². The first-order chi connectivity index (χ1) is 5.33. The number of likely N-dealkylation sites (N-methyl/N-ethyl adjacent to an activating group) is 1. The summed E-state index contributed by atoms with van der Waals surface area (Å²) in [6, 6.07) is 0. The minimum atomic E-state index is -0.357. The summed E-state index contributed by atoms with van der Waals surface area (Å²) in [6.45, 7) is 5.97. The monoisotopic (exact) mass is 163 g/mol. The van der Waals surface area contributed by atoms with E-state index in [2.05, 4.69) is 4.90 Å². The van der Waals surface area contributed by atoms with Crippen molar-refractivity contribution < 1.29 is 9.13 Å². The first-order valence-electron chi connectivity index (χ1n) is 4.19. The van der Waals surface area contributed by atoms with E-state index in [1.807, 2.05) is 20.9 Å². The third-order valence-electron chi connectivity index (χ3n) is 1.51. The number of morpholine rings is 1. The molecule has 0 N–H and O–H groups in total. The molecular formula is C8H18FNO. The molecule has 0 saturated carbocycles. The molecule has 1 aliphatic heterocycles. The molecule has 1 atom stereocenters. The average Bonchev–Trinajstić information content (AvgIpc) is 2.08. The molecule has 1 saturated heterocycles. The van der Waals surface area contributed by atoms with Crippen LogP contribution in [0.2, 0.25) is 0 Å². The molecule has 0 unspecified atom stereocenters. The molecule has 0 bridgehead atoms. The molecule has 1 fully saturated rings. The molecule has 0 aromatic rings. The van der Waals surface area contributed by atoms with Crippen LogP contribution in [0.5, 0.6) is 0 Å². The molecule has 11 heavy (non-hydrogen) atoms. The van der Waals surface area contributed by atoms with E-state index in [1.165, 1.54) is 0 Å². The highest BCUT2D eigenvalue weighted by Gasteiger charge is 2.16. The van der Waals surface area contributed by atoms with Gasteiger partial charge in [-0.25, -0.2) is 4.39 Å². The van der Waals surface area contributed by atoms with Gasteiger partial charge >= 0.3 is 0 Å². The number of rotatable bonds is 1. The summed E-state index contributed by atoms with van der Waals surface area (Å²) < 4.78 is 17.0. The molecule has 68 valence electrons. The third kappa shape index (κ3) is 4.32. The topological polar surface area (TPSA) is 12.5 Å². The highest BCUT2D eigenvalue weighted by Crippen LogP contribution is 2.02. The van der Waals surface area contributed by atoms with Crippen LogP contribution in [0.4, 0.5) is 4.39 Å². The molecule has 3 heteroatoms. The maximum atomic E-state index is 11.9. The average molecular weight is 163 g/mol. The van der Waals surface area contributed by atoms with E-state index >= 15 is 0 Å². The first kappa shape index (κ1) is 10.8. The van der Waals surface area contributed by atoms with Crippen LogP contribution in [-0.2, 0) is 4.74 Å². The van der Waals surface area contributed by atoms with Gasteiger partial charge in [0.05, 0.1) is 12.7 Å². The van der Waals surface area contributed by atoms with Gasteiger partial charge in [-0.15, -0.1) is 0 Å². The Balaban J connectivity index is 0.000000461. The second kappa shape index (κ2) is 6.55. The van der Waals surface area contributed by atoms with Crippen molar-refractivity contribution in [3.05, 3.63) is 0 Å². The Labute approximate surface area is 68.3 Å². The lowest BCUT2D eigenvalue weighted by Crippen LogP contribution is -2.40. The van der Waals surface area contributed by atoms with Crippen LogP contribution >= 0.6 is 0 Å². The third-order valence-corrected chi connectivity index (χ3v) is 1.51. The molecule has 1 heterocycles. The number of halogens is 1. The van der Waals surface area contributed by atoms with E-state index in [-0.39, 0.29) is 12.8 Å². The van der Waals surface area contributed by atoms with E-state index in [0.717, 1.165) is 13.1 Å². The van der Waals surface area contributed by atoms with Crippen LogP contribution in [0.3, 0.4) is 0 Å². The van der Waals surface area contributed by atoms with Crippen molar-refractivity contribution in [2.45, 2.75) is 20.0 Å². The van der Waals surface area contributed by atoms with E-state index < -0.39 is 0 Å². The van der Waals surface area contributed by atoms with Crippen LogP contribution in [0, 0.1) is 0 Å². The van der Waals surface area contributed by atoms with Crippen LogP contribution in [0.25, 0.3) is 0 Å². The zero-order chi connectivity index (χ0) is 8.69. The van der Waals surface area contributed by atoms with Gasteiger partial charge in [0.2, 0.25) is 0 Å². The van der Waals surface area contributed by atoms with Crippen molar-refractivity contribution in [1.29, 1.82) is 0 Å². The maximum absolute atomic E-state index is 11.9. The first-order valence-corrected chi connectivity index (χ1v) is 4.19. The van der Waals surface area contributed by atoms with Gasteiger partial charge in [-0.1, -0.05) is 13.8 Å². The van der Waals surface area contributed by atoms with Gasteiger partial charge in [0, 0.05) is 13.1 Å². The fourth-order valence-corrected chi connectivity index (χ4v) is 0.960. The van der Waals surface area contributed by atoms with Crippen molar-refractivity contribution in [1.82, 2.24) is 4.90 Å². The zero-order valence-corrected chi connectivity index (χ0v) is 7.64. The molecule has 2 nitrogen and oxygen atoms in total. The van der Waals surface area contributed by atoms with Crippen LogP contribution < -0.4 is 0 Å². The lowest BCUT2D eigenvalue weighted by atomic mass is 10.3. The summed E-state index contributed by atoms with van der Waals surface area (Å²) >= 11 is 0. The molecular weight excluding hydrogens is 145 g/mol. The summed E-state index contributed by atoms with van der Waals surface area (Å²) in [5.41, 5.74) is 0. The van der Waals surface area contributed by atoms with Crippen molar-refractivity contribution in [2.75, 3.05) is 33.4 Å². The van der Waals surface area contributed by atoms with Crippen LogP contribution in [0.1, 0.15) is 13.8 Å². The van der Waals surface area contributed by atoms with Crippen molar-refractivity contribution in [2.24, 2.45) is 0 Å². The number of ether oxygens (including phenoxy) is 1. The summed E-state index contributed by atoms with van der Waals surface area (Å²) in [5.74, 6) is 0. The Morgan fingerprint density at radius 3 is 2.55 bits per heavy atom. The number of hydrogen-bond donors (Lipinski definition) is 0. The Kier molecular flexibility index (Phi) is 6.46. The molecule has 0 aromatic carbocycles. The molecule has 0 amide bonds. The van der Waals surface area contributed by atoms with E-state index in [9.17, 15) is 4.39 Å². The Morgan fingerprint density at radius 1 is 1.55 bits per heavy atom. The van der Waals surface area contributed by atoms with E-state index in [0.29, 0.717) is 6.61 Å². The predicted octanol–water partition coefficient (Wildman–Crippen LogP) is 1.31. The second-order valence-corrected chi connectivity index (χ2v) is 2.41. The molecule has 1 rings (SSSR count). The quantitative estimate of drug-likeness (QED) is 0.578. The number of nitrogens with zero attached hydrogens (tertiary/aromatic N) is 1. The van der Waals surface area contributed by atoms with Gasteiger partial charge < -0.3 is 9.64 Å². The minimum Gasteiger partial charge on any atom is -0.373 e. The number of hydrogen-bond acceptors (Lipinski definition) is 2. The highest BCUT2D eigenvalue weighted by atomic mass is 19.1. The highest BCUT2D eigenvalue weighted by molar-refractivity contribution is 4.66. The largest absolute Gasteiger partial charge is 0.373 e. The molecule has 0 aliphatic carbocycles. The maximum Gasteiger partial charge on any atom is 0.117 e. The number of alkyl halides is 1. The lowest BCUT2D eigenvalue weighted by Gasteiger charge is -2.27. The van der Waals surface area contributed by atoms with Gasteiger partial charge in [-0.2, -0.15) is 0 Å². The van der Waals surface area contributed by atoms with Crippen LogP contribution in [-0.4, -0.2) is 44.4 Å². The van der Waals surface area contributed by atoms with Gasteiger partial charge in [0.25, 0.3) is 0 Å². The molecule has 0 spiro atoms. The van der Waals surface area contributed by atoms with Gasteiger partial charge in [0.1, 0.15) is 6.67 Å². The Bertz CT molecular complexity index is 90.2. The fraction of sp³-hybridized carbons (Fsp3) is 1.00. The molecule has 0 aromatic heterocycles. The van der Waals surface area contributed by atoms with Crippen molar-refractivity contribution in [3.8, 4) is 0 Å². The lowest BCUT2D eigenvalue weighted by molar-refractivity contribution is -0.0303. The zero-order valence-electron chi connectivity index (χ0n) is 7.64. The predicted molar refractivity (Wildman–Crippen MR) is 44.6 cm³/mol. The van der Waals surface area contributed by atoms with Crippen molar-refractivity contribution in [3.63, 3.8) is 0 Å². The smallest absolute Gasteiger partial charge is 0.117 e. The molecule has 1 aliphatic rings. The van der Waals surface area contributed by atoms with Gasteiger partial charge in [-0.05, 0) is 7.05 Å². The Hall–Kier alpha value is -0.150. The van der Waals surface area contributed by atoms with Crippen LogP contribution in [0.15, 0.2) is 0 Å². The second-order valence-electron chi connectivity index (χ2n) is 2.41. The normalized spacial score (nSPS) is 25.6. The fourth-order valence-electron chi connectivity index (χ4n) is 0.960. The summed E-state index contributed by atoms with van der Waals surface area (Å²) in [6.07, 6.45) is -0.177. The van der Waals surface area contributed by atoms with E-state index in [4.69, 9.17) is 4.74 Å². The van der Waals surface area contributed by atoms with Gasteiger partial charge in [0.15, 0.2) is 0 Å². The Morgan fingerprint density at radius 2 is 2.18 bits per heavy atom. The molecule has 0 radical (unpaired) electrons. The van der Waals surface area contributed by atoms with Gasteiger partial charge in [-0.3, -0.25) is 0 Å². The summed E-state index contributed by atoms with van der Waals surface area (Å²) in [4.78, 5) is 2.08. The summed E-state index contributed by atoms with van der Waals surface area (Å²) in [5, 5.41) is 0. The SMILES string of the molecule is CC.CN1CCO[C@@H](CF)C1. The standard InChI is InChI=1S/C6H12FNO.C2H6/c1-8-2-3-9-6(4-7)5-8;1-2/h6H,2-5H2,1H3;1-2H3/t6-;/m0./s1. The summed E-state index contributed by atoms with van der Waals surface area (Å²) in [7, 11) is 1.98.